The van der Waals surface area contributed by atoms with Crippen LogP contribution in [-0.4, -0.2) is 16.9 Å². The van der Waals surface area contributed by atoms with Gasteiger partial charge in [-0.3, -0.25) is 10.1 Å². The van der Waals surface area contributed by atoms with Gasteiger partial charge in [0.2, 0.25) is 5.88 Å². The van der Waals surface area contributed by atoms with Gasteiger partial charge in [-0.05, 0) is 42.0 Å². The first-order valence-corrected chi connectivity index (χ1v) is 9.67. The Labute approximate surface area is 196 Å². The summed E-state index contributed by atoms with van der Waals surface area (Å²) in [5, 5.41) is 3.86. The fourth-order valence-electron chi connectivity index (χ4n) is 2.84. The van der Waals surface area contributed by atoms with Crippen molar-refractivity contribution in [1.29, 1.82) is 0 Å². The minimum absolute atomic E-state index is 0.0153. The fraction of sp³-hybridized carbons (Fsp3) is 0.136. The van der Waals surface area contributed by atoms with Crippen LogP contribution in [0.4, 0.5) is 45.6 Å². The van der Waals surface area contributed by atoms with Crippen LogP contribution in [-0.2, 0) is 19.0 Å². The average molecular weight is 519 g/mol. The third-order valence-electron chi connectivity index (χ3n) is 4.45. The van der Waals surface area contributed by atoms with E-state index in [-0.39, 0.29) is 17.6 Å². The number of rotatable bonds is 5. The quantitative estimate of drug-likeness (QED) is 0.409. The van der Waals surface area contributed by atoms with Crippen molar-refractivity contribution in [2.75, 3.05) is 5.32 Å². The molecule has 3 rings (SSSR count). The first kappa shape index (κ1) is 26.4. The maximum absolute atomic E-state index is 13.6. The Kier molecular flexibility index (Phi) is 7.45. The number of hydrogen-bond acceptors (Lipinski definition) is 4. The van der Waals surface area contributed by atoms with E-state index < -0.39 is 64.8 Å². The van der Waals surface area contributed by atoms with Crippen LogP contribution in [0.25, 0.3) is 0 Å². The number of halogens is 8. The number of benzene rings is 2. The predicted octanol–water partition coefficient (Wildman–Crippen LogP) is 5.94. The van der Waals surface area contributed by atoms with Gasteiger partial charge in [0.25, 0.3) is 5.91 Å². The first-order valence-electron chi connectivity index (χ1n) is 9.67. The highest BCUT2D eigenvalue weighted by Gasteiger charge is 2.36. The zero-order valence-electron chi connectivity index (χ0n) is 17.6. The van der Waals surface area contributed by atoms with Crippen LogP contribution >= 0.6 is 0 Å². The molecule has 1 heterocycles. The van der Waals surface area contributed by atoms with Gasteiger partial charge in [0.05, 0.1) is 23.0 Å². The number of urea groups is 1. The van der Waals surface area contributed by atoms with Crippen molar-refractivity contribution in [2.45, 2.75) is 19.0 Å². The molecule has 36 heavy (non-hydrogen) atoms. The Hall–Kier alpha value is -4.23. The summed E-state index contributed by atoms with van der Waals surface area (Å²) in [7, 11) is 0. The zero-order chi connectivity index (χ0) is 26.7. The second kappa shape index (κ2) is 10.2. The molecule has 0 spiro atoms. The Morgan fingerprint density at radius 3 is 1.94 bits per heavy atom. The summed E-state index contributed by atoms with van der Waals surface area (Å²) in [5.41, 5.74) is -4.42. The second-order valence-corrected chi connectivity index (χ2v) is 7.09. The van der Waals surface area contributed by atoms with Crippen molar-refractivity contribution >= 4 is 17.6 Å². The molecule has 0 saturated heterocycles. The number of nitrogens with one attached hydrogen (secondary N) is 2. The number of alkyl halides is 6. The molecule has 14 heteroatoms. The largest absolute Gasteiger partial charge is 0.473 e. The van der Waals surface area contributed by atoms with E-state index in [9.17, 15) is 44.7 Å². The number of carbonyl (C=O) groups is 2. The number of imide groups is 1. The van der Waals surface area contributed by atoms with Crippen molar-refractivity contribution < 1.29 is 49.4 Å². The second-order valence-electron chi connectivity index (χ2n) is 7.09. The summed E-state index contributed by atoms with van der Waals surface area (Å²) in [6.07, 6.45) is -9.03. The number of anilines is 1. The number of pyridine rings is 1. The molecule has 0 bridgehead atoms. The van der Waals surface area contributed by atoms with Crippen LogP contribution in [0.5, 0.6) is 5.88 Å². The SMILES string of the molecule is O=C(NC(=O)c1c(F)cccc1F)Nc1ccc(OCc2cc(C(F)(F)F)cc(C(F)(F)F)c2)nc1. The highest BCUT2D eigenvalue weighted by Crippen LogP contribution is 2.36. The smallest absolute Gasteiger partial charge is 0.416 e. The average Bonchev–Trinajstić information content (AvgIpc) is 2.77. The number of amides is 3. The standard InChI is InChI=1S/C22H13F8N3O3/c23-15-2-1-3-16(24)18(15)19(34)33-20(35)32-14-4-5-17(31-9-14)36-10-11-6-12(21(25,26)27)8-13(7-11)22(28,29)30/h1-9H,10H2,(H2,32,33,34,35). The molecule has 0 radical (unpaired) electrons. The summed E-state index contributed by atoms with van der Waals surface area (Å²) < 4.78 is 110. The third kappa shape index (κ3) is 6.67. The van der Waals surface area contributed by atoms with E-state index in [2.05, 4.69) is 10.3 Å². The number of nitrogens with zero attached hydrogens (tertiary/aromatic N) is 1. The monoisotopic (exact) mass is 519 g/mol. The van der Waals surface area contributed by atoms with Crippen molar-refractivity contribution in [1.82, 2.24) is 10.3 Å². The molecule has 1 aromatic heterocycles. The summed E-state index contributed by atoms with van der Waals surface area (Å²) >= 11 is 0. The molecule has 3 amide bonds. The maximum atomic E-state index is 13.6. The van der Waals surface area contributed by atoms with Gasteiger partial charge >= 0.3 is 18.4 Å². The van der Waals surface area contributed by atoms with Gasteiger partial charge in [-0.1, -0.05) is 6.07 Å². The van der Waals surface area contributed by atoms with Gasteiger partial charge in [-0.25, -0.2) is 18.6 Å². The lowest BCUT2D eigenvalue weighted by Gasteiger charge is -2.14. The van der Waals surface area contributed by atoms with E-state index in [0.717, 1.165) is 30.5 Å². The summed E-state index contributed by atoms with van der Waals surface area (Å²) in [4.78, 5) is 27.6. The molecule has 2 N–H and O–H groups in total. The van der Waals surface area contributed by atoms with Crippen LogP contribution in [0.2, 0.25) is 0 Å². The molecule has 2 aromatic carbocycles. The van der Waals surface area contributed by atoms with Crippen LogP contribution in [0.1, 0.15) is 27.0 Å². The molecule has 0 unspecified atom stereocenters. The van der Waals surface area contributed by atoms with Gasteiger partial charge in [0, 0.05) is 6.07 Å². The van der Waals surface area contributed by atoms with E-state index in [1.165, 1.54) is 6.07 Å². The molecule has 0 aliphatic rings. The molecule has 190 valence electrons. The molecule has 0 atom stereocenters. The van der Waals surface area contributed by atoms with Crippen molar-refractivity contribution in [2.24, 2.45) is 0 Å². The molecule has 0 aliphatic carbocycles. The van der Waals surface area contributed by atoms with Gasteiger partial charge < -0.3 is 10.1 Å². The Balaban J connectivity index is 1.63. The topological polar surface area (TPSA) is 80.3 Å². The van der Waals surface area contributed by atoms with Crippen molar-refractivity contribution in [3.8, 4) is 5.88 Å². The third-order valence-corrected chi connectivity index (χ3v) is 4.45. The van der Waals surface area contributed by atoms with E-state index in [1.807, 2.05) is 0 Å². The number of carbonyl (C=O) groups excluding carboxylic acids is 2. The molecule has 3 aromatic rings. The van der Waals surface area contributed by atoms with Crippen LogP contribution in [0, 0.1) is 11.6 Å². The molecular weight excluding hydrogens is 506 g/mol. The summed E-state index contributed by atoms with van der Waals surface area (Å²) in [6.45, 7) is -0.685. The Morgan fingerprint density at radius 1 is 0.861 bits per heavy atom. The Bertz CT molecular complexity index is 1220. The molecule has 0 aliphatic heterocycles. The van der Waals surface area contributed by atoms with Gasteiger partial charge in [-0.2, -0.15) is 26.3 Å². The van der Waals surface area contributed by atoms with E-state index in [1.54, 1.807) is 5.32 Å². The summed E-state index contributed by atoms with van der Waals surface area (Å²) in [5.74, 6) is -3.94. The highest BCUT2D eigenvalue weighted by molar-refractivity contribution is 6.08. The molecule has 0 fully saturated rings. The predicted molar refractivity (Wildman–Crippen MR) is 108 cm³/mol. The van der Waals surface area contributed by atoms with Crippen LogP contribution < -0.4 is 15.4 Å². The van der Waals surface area contributed by atoms with Crippen LogP contribution in [0.3, 0.4) is 0 Å². The lowest BCUT2D eigenvalue weighted by molar-refractivity contribution is -0.143. The van der Waals surface area contributed by atoms with Gasteiger partial charge in [-0.15, -0.1) is 0 Å². The maximum Gasteiger partial charge on any atom is 0.416 e. The van der Waals surface area contributed by atoms with Crippen molar-refractivity contribution in [3.05, 3.63) is 88.6 Å². The molecule has 0 saturated carbocycles. The minimum Gasteiger partial charge on any atom is -0.473 e. The number of ether oxygens (including phenoxy) is 1. The molecule has 6 nitrogen and oxygen atoms in total. The lowest BCUT2D eigenvalue weighted by Crippen LogP contribution is -2.35. The van der Waals surface area contributed by atoms with Gasteiger partial charge in [0.1, 0.15) is 23.8 Å². The zero-order valence-corrected chi connectivity index (χ0v) is 17.6. The van der Waals surface area contributed by atoms with E-state index in [4.69, 9.17) is 4.74 Å². The number of aromatic nitrogens is 1. The lowest BCUT2D eigenvalue weighted by atomic mass is 10.1. The normalized spacial score (nSPS) is 11.7. The fourth-order valence-corrected chi connectivity index (χ4v) is 2.84. The first-order chi connectivity index (χ1) is 16.7. The molecular formula is C22H13F8N3O3. The van der Waals surface area contributed by atoms with Crippen LogP contribution in [0.15, 0.2) is 54.7 Å². The summed E-state index contributed by atoms with van der Waals surface area (Å²) in [6, 6.07) is 4.81. The highest BCUT2D eigenvalue weighted by atomic mass is 19.4. The Morgan fingerprint density at radius 2 is 1.44 bits per heavy atom. The van der Waals surface area contributed by atoms with Gasteiger partial charge in [0.15, 0.2) is 0 Å². The number of hydrogen-bond donors (Lipinski definition) is 2. The van der Waals surface area contributed by atoms with Crippen molar-refractivity contribution in [3.63, 3.8) is 0 Å². The van der Waals surface area contributed by atoms with E-state index >= 15 is 0 Å². The minimum atomic E-state index is -5.01. The van der Waals surface area contributed by atoms with E-state index in [0.29, 0.717) is 12.1 Å².